The van der Waals surface area contributed by atoms with Gasteiger partial charge in [-0.2, -0.15) is 0 Å². The van der Waals surface area contributed by atoms with Crippen molar-refractivity contribution >= 4 is 18.1 Å². The third-order valence-electron chi connectivity index (χ3n) is 2.90. The third kappa shape index (κ3) is 4.10. The van der Waals surface area contributed by atoms with Crippen molar-refractivity contribution in [3.8, 4) is 0 Å². The number of β-lactam (4-membered cyclic amide) rings is 1. The fourth-order valence-corrected chi connectivity index (χ4v) is 1.81. The van der Waals surface area contributed by atoms with E-state index < -0.39 is 24.3 Å². The minimum Gasteiger partial charge on any atom is -0.447 e. The first-order valence-electron chi connectivity index (χ1n) is 6.26. The van der Waals surface area contributed by atoms with Gasteiger partial charge in [0, 0.05) is 0 Å². The van der Waals surface area contributed by atoms with Crippen LogP contribution in [0.1, 0.15) is 5.56 Å². The van der Waals surface area contributed by atoms with Crippen LogP contribution in [-0.2, 0) is 20.9 Å². The monoisotopic (exact) mass is 293 g/mol. The Hall–Kier alpha value is -2.77. The zero-order valence-corrected chi connectivity index (χ0v) is 11.1. The highest BCUT2D eigenvalue weighted by Gasteiger charge is 2.41. The normalized spacial score (nSPS) is 19.9. The molecule has 1 aliphatic heterocycles. The lowest BCUT2D eigenvalue weighted by Gasteiger charge is -2.35. The van der Waals surface area contributed by atoms with E-state index in [1.807, 2.05) is 30.3 Å². The lowest BCUT2D eigenvalue weighted by atomic mass is 10.0. The van der Waals surface area contributed by atoms with E-state index in [0.29, 0.717) is 0 Å². The molecule has 2 rings (SSSR count). The molecule has 1 aromatic rings. The summed E-state index contributed by atoms with van der Waals surface area (Å²) in [5.41, 5.74) is 5.66. The Labute approximate surface area is 120 Å². The number of hydrogen-bond donors (Lipinski definition) is 3. The molecule has 0 aliphatic carbocycles. The quantitative estimate of drug-likeness (QED) is 0.653. The lowest BCUT2D eigenvalue weighted by molar-refractivity contribution is -0.132. The molecule has 0 saturated carbocycles. The number of ether oxygens (including phenoxy) is 2. The van der Waals surface area contributed by atoms with Crippen LogP contribution < -0.4 is 16.4 Å². The van der Waals surface area contributed by atoms with Crippen molar-refractivity contribution in [2.45, 2.75) is 18.7 Å². The summed E-state index contributed by atoms with van der Waals surface area (Å²) < 4.78 is 9.56. The third-order valence-corrected chi connectivity index (χ3v) is 2.90. The van der Waals surface area contributed by atoms with Crippen LogP contribution in [0.2, 0.25) is 0 Å². The maximum absolute atomic E-state index is 11.6. The molecule has 21 heavy (non-hydrogen) atoms. The first kappa shape index (κ1) is 14.6. The number of alkyl carbamates (subject to hydrolysis) is 1. The summed E-state index contributed by atoms with van der Waals surface area (Å²) in [5.74, 6) is -0.371. The van der Waals surface area contributed by atoms with E-state index in [4.69, 9.17) is 10.5 Å². The van der Waals surface area contributed by atoms with Crippen LogP contribution in [0.3, 0.4) is 0 Å². The standard InChI is InChI=1S/C13H15N3O5/c14-12(18)20-7-9-10(11(17)15-9)16-13(19)21-6-8-4-2-1-3-5-8/h1-5,9-10H,6-7H2,(H2,14,18)(H,15,17)(H,16,19). The SMILES string of the molecule is NC(=O)OCC1NC(=O)C1NC(=O)OCc1ccccc1. The predicted molar refractivity (Wildman–Crippen MR) is 71.0 cm³/mol. The summed E-state index contributed by atoms with van der Waals surface area (Å²) in [6.07, 6.45) is -1.66. The average Bonchev–Trinajstić information content (AvgIpc) is 2.47. The van der Waals surface area contributed by atoms with Gasteiger partial charge in [0.25, 0.3) is 0 Å². The molecule has 8 heteroatoms. The largest absolute Gasteiger partial charge is 0.447 e. The number of amides is 3. The van der Waals surface area contributed by atoms with Crippen molar-refractivity contribution in [3.63, 3.8) is 0 Å². The molecule has 1 saturated heterocycles. The van der Waals surface area contributed by atoms with Gasteiger partial charge in [0.1, 0.15) is 19.3 Å². The van der Waals surface area contributed by atoms with Gasteiger partial charge in [-0.25, -0.2) is 9.59 Å². The number of hydrogen-bond acceptors (Lipinski definition) is 5. The van der Waals surface area contributed by atoms with Gasteiger partial charge in [0.2, 0.25) is 5.91 Å². The fourth-order valence-electron chi connectivity index (χ4n) is 1.81. The molecule has 1 heterocycles. The van der Waals surface area contributed by atoms with Crippen molar-refractivity contribution in [3.05, 3.63) is 35.9 Å². The van der Waals surface area contributed by atoms with Crippen LogP contribution >= 0.6 is 0 Å². The van der Waals surface area contributed by atoms with E-state index in [-0.39, 0.29) is 19.1 Å². The molecule has 1 aliphatic rings. The first-order valence-corrected chi connectivity index (χ1v) is 6.26. The van der Waals surface area contributed by atoms with Gasteiger partial charge in [-0.3, -0.25) is 4.79 Å². The summed E-state index contributed by atoms with van der Waals surface area (Å²) in [4.78, 5) is 33.4. The van der Waals surface area contributed by atoms with Gasteiger partial charge in [-0.1, -0.05) is 30.3 Å². The van der Waals surface area contributed by atoms with Crippen LogP contribution in [0.4, 0.5) is 9.59 Å². The molecule has 8 nitrogen and oxygen atoms in total. The van der Waals surface area contributed by atoms with Gasteiger partial charge in [0.05, 0.1) is 6.04 Å². The maximum Gasteiger partial charge on any atom is 0.408 e. The zero-order chi connectivity index (χ0) is 15.2. The average molecular weight is 293 g/mol. The van der Waals surface area contributed by atoms with Crippen LogP contribution in [0.25, 0.3) is 0 Å². The van der Waals surface area contributed by atoms with Crippen molar-refractivity contribution in [1.29, 1.82) is 0 Å². The number of primary amides is 1. The molecule has 0 radical (unpaired) electrons. The summed E-state index contributed by atoms with van der Waals surface area (Å²) in [7, 11) is 0. The minimum absolute atomic E-state index is 0.101. The summed E-state index contributed by atoms with van der Waals surface area (Å²) in [6, 6.07) is 7.83. The van der Waals surface area contributed by atoms with Crippen LogP contribution in [0.5, 0.6) is 0 Å². The van der Waals surface area contributed by atoms with E-state index >= 15 is 0 Å². The van der Waals surface area contributed by atoms with Crippen molar-refractivity contribution in [2.24, 2.45) is 5.73 Å². The summed E-state index contributed by atoms with van der Waals surface area (Å²) in [6.45, 7) is -0.00578. The molecular formula is C13H15N3O5. The van der Waals surface area contributed by atoms with E-state index in [1.54, 1.807) is 0 Å². The van der Waals surface area contributed by atoms with Crippen LogP contribution in [0, 0.1) is 0 Å². The van der Waals surface area contributed by atoms with Gasteiger partial charge in [0.15, 0.2) is 0 Å². The Balaban J connectivity index is 1.76. The number of nitrogens with one attached hydrogen (secondary N) is 2. The number of benzene rings is 1. The highest BCUT2D eigenvalue weighted by molar-refractivity contribution is 5.92. The van der Waals surface area contributed by atoms with Crippen molar-refractivity contribution in [2.75, 3.05) is 6.61 Å². The number of carbonyl (C=O) groups excluding carboxylic acids is 3. The first-order chi connectivity index (χ1) is 10.1. The van der Waals surface area contributed by atoms with Gasteiger partial charge in [-0.05, 0) is 5.56 Å². The Morgan fingerprint density at radius 2 is 1.95 bits per heavy atom. The number of carbonyl (C=O) groups is 3. The molecule has 1 aromatic carbocycles. The van der Waals surface area contributed by atoms with Crippen LogP contribution in [0.15, 0.2) is 30.3 Å². The van der Waals surface area contributed by atoms with Crippen molar-refractivity contribution in [1.82, 2.24) is 10.6 Å². The number of rotatable bonds is 5. The molecule has 3 amide bonds. The fraction of sp³-hybridized carbons (Fsp3) is 0.308. The van der Waals surface area contributed by atoms with E-state index in [9.17, 15) is 14.4 Å². The molecule has 2 unspecified atom stereocenters. The van der Waals surface area contributed by atoms with Crippen molar-refractivity contribution < 1.29 is 23.9 Å². The lowest BCUT2D eigenvalue weighted by Crippen LogP contribution is -2.70. The minimum atomic E-state index is -0.943. The van der Waals surface area contributed by atoms with E-state index in [1.165, 1.54) is 0 Å². The Bertz CT molecular complexity index is 534. The molecule has 0 aromatic heterocycles. The molecular weight excluding hydrogens is 278 g/mol. The van der Waals surface area contributed by atoms with Gasteiger partial charge >= 0.3 is 12.2 Å². The number of nitrogens with two attached hydrogens (primary N) is 1. The Kier molecular flexibility index (Phi) is 4.60. The smallest absolute Gasteiger partial charge is 0.408 e. The van der Waals surface area contributed by atoms with E-state index in [0.717, 1.165) is 5.56 Å². The Morgan fingerprint density at radius 3 is 2.57 bits per heavy atom. The molecule has 112 valence electrons. The second-order valence-electron chi connectivity index (χ2n) is 4.43. The predicted octanol–water partition coefficient (Wildman–Crippen LogP) is -0.125. The highest BCUT2D eigenvalue weighted by atomic mass is 16.6. The van der Waals surface area contributed by atoms with Gasteiger partial charge in [-0.15, -0.1) is 0 Å². The maximum atomic E-state index is 11.6. The summed E-state index contributed by atoms with van der Waals surface area (Å²) >= 11 is 0. The topological polar surface area (TPSA) is 120 Å². The second kappa shape index (κ2) is 6.60. The second-order valence-corrected chi connectivity index (χ2v) is 4.43. The highest BCUT2D eigenvalue weighted by Crippen LogP contribution is 2.08. The molecule has 1 fully saturated rings. The molecule has 0 spiro atoms. The van der Waals surface area contributed by atoms with Gasteiger partial charge < -0.3 is 25.8 Å². The summed E-state index contributed by atoms with van der Waals surface area (Å²) in [5, 5.41) is 4.89. The molecule has 2 atom stereocenters. The zero-order valence-electron chi connectivity index (χ0n) is 11.1. The molecule has 0 bridgehead atoms. The van der Waals surface area contributed by atoms with Crippen LogP contribution in [-0.4, -0.2) is 36.8 Å². The molecule has 4 N–H and O–H groups in total. The Morgan fingerprint density at radius 1 is 1.24 bits per heavy atom. The van der Waals surface area contributed by atoms with E-state index in [2.05, 4.69) is 15.4 Å².